The molecule has 0 spiro atoms. The van der Waals surface area contributed by atoms with Gasteiger partial charge in [-0.3, -0.25) is 4.68 Å². The SMILES string of the molecule is CCc1nn(C)cc1CNC1CCOC1. The fraction of sp³-hybridized carbons (Fsp3) is 0.727. The Kier molecular flexibility index (Phi) is 3.38. The number of hydrogen-bond donors (Lipinski definition) is 1. The van der Waals surface area contributed by atoms with E-state index < -0.39 is 0 Å². The van der Waals surface area contributed by atoms with Gasteiger partial charge in [-0.15, -0.1) is 0 Å². The summed E-state index contributed by atoms with van der Waals surface area (Å²) in [5.41, 5.74) is 2.51. The predicted molar refractivity (Wildman–Crippen MR) is 58.6 cm³/mol. The van der Waals surface area contributed by atoms with Crippen LogP contribution in [0.5, 0.6) is 0 Å². The van der Waals surface area contributed by atoms with Crippen LogP contribution in [0.15, 0.2) is 6.20 Å². The van der Waals surface area contributed by atoms with Crippen LogP contribution in [0.3, 0.4) is 0 Å². The van der Waals surface area contributed by atoms with Crippen LogP contribution in [0.25, 0.3) is 0 Å². The molecule has 0 saturated carbocycles. The molecule has 1 fully saturated rings. The van der Waals surface area contributed by atoms with E-state index in [9.17, 15) is 0 Å². The van der Waals surface area contributed by atoms with Gasteiger partial charge in [0, 0.05) is 38.0 Å². The lowest BCUT2D eigenvalue weighted by molar-refractivity contribution is 0.190. The van der Waals surface area contributed by atoms with Crippen LogP contribution >= 0.6 is 0 Å². The van der Waals surface area contributed by atoms with Crippen LogP contribution in [0, 0.1) is 0 Å². The average Bonchev–Trinajstić information content (AvgIpc) is 2.83. The number of nitrogens with zero attached hydrogens (tertiary/aromatic N) is 2. The van der Waals surface area contributed by atoms with Gasteiger partial charge >= 0.3 is 0 Å². The second-order valence-corrected chi connectivity index (χ2v) is 4.07. The first-order valence-electron chi connectivity index (χ1n) is 5.62. The van der Waals surface area contributed by atoms with E-state index in [1.807, 2.05) is 11.7 Å². The molecule has 2 rings (SSSR count). The maximum atomic E-state index is 5.32. The van der Waals surface area contributed by atoms with Crippen LogP contribution in [0.2, 0.25) is 0 Å². The molecular weight excluding hydrogens is 190 g/mol. The Balaban J connectivity index is 1.91. The number of ether oxygens (including phenoxy) is 1. The van der Waals surface area contributed by atoms with Gasteiger partial charge in [-0.05, 0) is 12.8 Å². The lowest BCUT2D eigenvalue weighted by Gasteiger charge is -2.09. The highest BCUT2D eigenvalue weighted by atomic mass is 16.5. The summed E-state index contributed by atoms with van der Waals surface area (Å²) in [6.45, 7) is 4.79. The molecule has 1 aliphatic heterocycles. The fourth-order valence-electron chi connectivity index (χ4n) is 1.98. The second-order valence-electron chi connectivity index (χ2n) is 4.07. The average molecular weight is 209 g/mol. The summed E-state index contributed by atoms with van der Waals surface area (Å²) >= 11 is 0. The highest BCUT2D eigenvalue weighted by molar-refractivity contribution is 5.16. The van der Waals surface area contributed by atoms with Crippen molar-refractivity contribution in [3.05, 3.63) is 17.5 Å². The third-order valence-corrected chi connectivity index (χ3v) is 2.84. The van der Waals surface area contributed by atoms with E-state index in [1.54, 1.807) is 0 Å². The van der Waals surface area contributed by atoms with Gasteiger partial charge in [0.2, 0.25) is 0 Å². The molecule has 4 nitrogen and oxygen atoms in total. The summed E-state index contributed by atoms with van der Waals surface area (Å²) in [5, 5.41) is 7.93. The summed E-state index contributed by atoms with van der Waals surface area (Å²) in [6.07, 6.45) is 4.22. The Morgan fingerprint density at radius 1 is 1.67 bits per heavy atom. The largest absolute Gasteiger partial charge is 0.380 e. The molecule has 0 amide bonds. The van der Waals surface area contributed by atoms with E-state index in [2.05, 4.69) is 23.5 Å². The molecular formula is C11H19N3O. The lowest BCUT2D eigenvalue weighted by Crippen LogP contribution is -2.28. The van der Waals surface area contributed by atoms with Gasteiger partial charge in [-0.1, -0.05) is 6.92 Å². The van der Waals surface area contributed by atoms with Crippen molar-refractivity contribution < 1.29 is 4.74 Å². The van der Waals surface area contributed by atoms with Gasteiger partial charge in [0.25, 0.3) is 0 Å². The Bertz CT molecular complexity index is 316. The molecule has 2 heterocycles. The number of rotatable bonds is 4. The van der Waals surface area contributed by atoms with Gasteiger partial charge in [0.15, 0.2) is 0 Å². The lowest BCUT2D eigenvalue weighted by atomic mass is 10.2. The second kappa shape index (κ2) is 4.77. The summed E-state index contributed by atoms with van der Waals surface area (Å²) in [5.74, 6) is 0. The van der Waals surface area contributed by atoms with Crippen LogP contribution in [-0.2, 0) is 24.8 Å². The third kappa shape index (κ3) is 2.58. The summed E-state index contributed by atoms with van der Waals surface area (Å²) in [4.78, 5) is 0. The van der Waals surface area contributed by atoms with E-state index in [-0.39, 0.29) is 0 Å². The van der Waals surface area contributed by atoms with Crippen LogP contribution in [-0.4, -0.2) is 29.0 Å². The Hall–Kier alpha value is -0.870. The standard InChI is InChI=1S/C11H19N3O/c1-3-11-9(7-14(2)13-11)6-12-10-4-5-15-8-10/h7,10,12H,3-6,8H2,1-2H3. The number of nitrogens with one attached hydrogen (secondary N) is 1. The normalized spacial score (nSPS) is 21.1. The topological polar surface area (TPSA) is 39.1 Å². The smallest absolute Gasteiger partial charge is 0.0666 e. The predicted octanol–water partition coefficient (Wildman–Crippen LogP) is 0.861. The van der Waals surface area contributed by atoms with E-state index in [0.717, 1.165) is 32.6 Å². The Morgan fingerprint density at radius 3 is 3.20 bits per heavy atom. The van der Waals surface area contributed by atoms with Crippen LogP contribution < -0.4 is 5.32 Å². The molecule has 4 heteroatoms. The first-order valence-corrected chi connectivity index (χ1v) is 5.62. The molecule has 1 aliphatic rings. The van der Waals surface area contributed by atoms with Crippen molar-refractivity contribution in [3.63, 3.8) is 0 Å². The molecule has 15 heavy (non-hydrogen) atoms. The molecule has 1 aromatic rings. The molecule has 1 N–H and O–H groups in total. The number of aromatic nitrogens is 2. The molecule has 0 aromatic carbocycles. The third-order valence-electron chi connectivity index (χ3n) is 2.84. The summed E-state index contributed by atoms with van der Waals surface area (Å²) in [6, 6.07) is 0.523. The zero-order valence-corrected chi connectivity index (χ0v) is 9.49. The van der Waals surface area contributed by atoms with E-state index in [0.29, 0.717) is 6.04 Å². The van der Waals surface area contributed by atoms with Crippen molar-refractivity contribution in [3.8, 4) is 0 Å². The molecule has 1 atom stereocenters. The van der Waals surface area contributed by atoms with Gasteiger partial charge in [0.05, 0.1) is 12.3 Å². The number of aryl methyl sites for hydroxylation is 2. The van der Waals surface area contributed by atoms with Crippen molar-refractivity contribution in [2.75, 3.05) is 13.2 Å². The molecule has 0 bridgehead atoms. The minimum absolute atomic E-state index is 0.523. The summed E-state index contributed by atoms with van der Waals surface area (Å²) < 4.78 is 7.21. The van der Waals surface area contributed by atoms with Crippen molar-refractivity contribution in [2.45, 2.75) is 32.4 Å². The van der Waals surface area contributed by atoms with E-state index in [1.165, 1.54) is 11.3 Å². The first-order chi connectivity index (χ1) is 7.29. The van der Waals surface area contributed by atoms with Crippen molar-refractivity contribution in [2.24, 2.45) is 7.05 Å². The highest BCUT2D eigenvalue weighted by Crippen LogP contribution is 2.09. The Labute approximate surface area is 90.6 Å². The Morgan fingerprint density at radius 2 is 2.53 bits per heavy atom. The quantitative estimate of drug-likeness (QED) is 0.799. The van der Waals surface area contributed by atoms with Crippen LogP contribution in [0.4, 0.5) is 0 Å². The van der Waals surface area contributed by atoms with Gasteiger partial charge in [0.1, 0.15) is 0 Å². The maximum Gasteiger partial charge on any atom is 0.0666 e. The molecule has 0 aliphatic carbocycles. The molecule has 1 saturated heterocycles. The zero-order chi connectivity index (χ0) is 10.7. The monoisotopic (exact) mass is 209 g/mol. The van der Waals surface area contributed by atoms with Crippen LogP contribution in [0.1, 0.15) is 24.6 Å². The van der Waals surface area contributed by atoms with Crippen molar-refractivity contribution in [1.82, 2.24) is 15.1 Å². The minimum atomic E-state index is 0.523. The van der Waals surface area contributed by atoms with E-state index >= 15 is 0 Å². The molecule has 84 valence electrons. The van der Waals surface area contributed by atoms with Crippen molar-refractivity contribution >= 4 is 0 Å². The van der Waals surface area contributed by atoms with Crippen molar-refractivity contribution in [1.29, 1.82) is 0 Å². The van der Waals surface area contributed by atoms with Gasteiger partial charge in [-0.2, -0.15) is 5.10 Å². The minimum Gasteiger partial charge on any atom is -0.380 e. The molecule has 0 radical (unpaired) electrons. The highest BCUT2D eigenvalue weighted by Gasteiger charge is 2.15. The maximum absolute atomic E-state index is 5.32. The summed E-state index contributed by atoms with van der Waals surface area (Å²) in [7, 11) is 1.97. The fourth-order valence-corrected chi connectivity index (χ4v) is 1.98. The molecule has 1 unspecified atom stereocenters. The van der Waals surface area contributed by atoms with Gasteiger partial charge in [-0.25, -0.2) is 0 Å². The van der Waals surface area contributed by atoms with E-state index in [4.69, 9.17) is 4.74 Å². The van der Waals surface area contributed by atoms with Gasteiger partial charge < -0.3 is 10.1 Å². The zero-order valence-electron chi connectivity index (χ0n) is 9.49. The first kappa shape index (κ1) is 10.6. The number of hydrogen-bond acceptors (Lipinski definition) is 3. The molecule has 1 aromatic heterocycles.